The van der Waals surface area contributed by atoms with Gasteiger partial charge in [-0.25, -0.2) is 4.79 Å². The van der Waals surface area contributed by atoms with Gasteiger partial charge in [0.2, 0.25) is 0 Å². The Balaban J connectivity index is 1.32. The van der Waals surface area contributed by atoms with Gasteiger partial charge in [0, 0.05) is 31.8 Å². The molecule has 0 bridgehead atoms. The summed E-state index contributed by atoms with van der Waals surface area (Å²) in [5.41, 5.74) is 4.10. The number of rotatable bonds is 7. The Morgan fingerprint density at radius 1 is 1.00 bits per heavy atom. The van der Waals surface area contributed by atoms with E-state index in [1.807, 2.05) is 41.3 Å². The highest BCUT2D eigenvalue weighted by atomic mass is 16.5. The van der Waals surface area contributed by atoms with Gasteiger partial charge >= 0.3 is 6.03 Å². The summed E-state index contributed by atoms with van der Waals surface area (Å²) in [6.07, 6.45) is 2.22. The average Bonchev–Trinajstić information content (AvgIpc) is 3.58. The summed E-state index contributed by atoms with van der Waals surface area (Å²) in [6, 6.07) is 14.2. The van der Waals surface area contributed by atoms with E-state index in [2.05, 4.69) is 6.07 Å². The van der Waals surface area contributed by atoms with Crippen molar-refractivity contribution in [2.75, 3.05) is 20.3 Å². The van der Waals surface area contributed by atoms with Gasteiger partial charge in [0.05, 0.1) is 13.2 Å². The number of carbonyl (C=O) groups excluding carboxylic acids is 3. The summed E-state index contributed by atoms with van der Waals surface area (Å²) < 4.78 is 5.05. The van der Waals surface area contributed by atoms with E-state index >= 15 is 0 Å². The molecule has 5 rings (SSSR count). The number of fused-ring (bicyclic) bond motifs is 1. The largest absolute Gasteiger partial charge is 0.383 e. The number of hydrogen-bond donors (Lipinski definition) is 0. The fraction of sp³-hybridized carbons (Fsp3) is 0.423. The Morgan fingerprint density at radius 2 is 1.70 bits per heavy atom. The van der Waals surface area contributed by atoms with E-state index in [0.717, 1.165) is 40.7 Å². The number of hydrogen-bond acceptors (Lipinski definition) is 4. The number of carbonyl (C=O) groups is 3. The minimum absolute atomic E-state index is 0.154. The molecule has 0 unspecified atom stereocenters. The second-order valence-electron chi connectivity index (χ2n) is 9.61. The Kier molecular flexibility index (Phi) is 5.24. The van der Waals surface area contributed by atoms with Crippen LogP contribution in [-0.4, -0.2) is 64.4 Å². The first kappa shape index (κ1) is 21.6. The lowest BCUT2D eigenvalue weighted by atomic mass is 9.99. The molecule has 1 saturated heterocycles. The third kappa shape index (κ3) is 3.70. The van der Waals surface area contributed by atoms with Crippen LogP contribution < -0.4 is 0 Å². The molecule has 7 nitrogen and oxygen atoms in total. The van der Waals surface area contributed by atoms with Gasteiger partial charge in [-0.1, -0.05) is 30.3 Å². The highest BCUT2D eigenvalue weighted by Gasteiger charge is 2.50. The maximum atomic E-state index is 12.9. The van der Waals surface area contributed by atoms with Gasteiger partial charge in [-0.3, -0.25) is 14.5 Å². The topological polar surface area (TPSA) is 70.2 Å². The van der Waals surface area contributed by atoms with Crippen LogP contribution in [-0.2, 0) is 22.6 Å². The zero-order chi connectivity index (χ0) is 23.3. The summed E-state index contributed by atoms with van der Waals surface area (Å²) in [7, 11) is 1.55. The van der Waals surface area contributed by atoms with Crippen molar-refractivity contribution >= 4 is 17.8 Å². The molecule has 33 heavy (non-hydrogen) atoms. The minimum atomic E-state index is -0.899. The van der Waals surface area contributed by atoms with Gasteiger partial charge in [0.1, 0.15) is 5.54 Å². The SMILES string of the molecule is COCCN1C(=O)N(Cc2ccc(-c3ccc4c(c3)CN(C3CC3)C4=O)cc2)C(C)(C)C1=O. The van der Waals surface area contributed by atoms with Crippen LogP contribution in [0, 0.1) is 0 Å². The van der Waals surface area contributed by atoms with Crippen LogP contribution in [0.25, 0.3) is 11.1 Å². The van der Waals surface area contributed by atoms with Crippen molar-refractivity contribution in [2.24, 2.45) is 0 Å². The predicted molar refractivity (Wildman–Crippen MR) is 123 cm³/mol. The van der Waals surface area contributed by atoms with Gasteiger partial charge in [-0.05, 0) is 61.1 Å². The van der Waals surface area contributed by atoms with E-state index in [9.17, 15) is 14.4 Å². The molecule has 172 valence electrons. The summed E-state index contributed by atoms with van der Waals surface area (Å²) in [6.45, 7) is 5.20. The van der Waals surface area contributed by atoms with Gasteiger partial charge in [-0.2, -0.15) is 0 Å². The second-order valence-corrected chi connectivity index (χ2v) is 9.61. The van der Waals surface area contributed by atoms with E-state index in [-0.39, 0.29) is 24.4 Å². The zero-order valence-corrected chi connectivity index (χ0v) is 19.3. The lowest BCUT2D eigenvalue weighted by Crippen LogP contribution is -2.43. The van der Waals surface area contributed by atoms with E-state index in [0.29, 0.717) is 25.7 Å². The van der Waals surface area contributed by atoms with Crippen LogP contribution in [0.4, 0.5) is 4.79 Å². The minimum Gasteiger partial charge on any atom is -0.383 e. The molecule has 2 aliphatic heterocycles. The monoisotopic (exact) mass is 447 g/mol. The van der Waals surface area contributed by atoms with Crippen molar-refractivity contribution in [3.8, 4) is 11.1 Å². The quantitative estimate of drug-likeness (QED) is 0.608. The summed E-state index contributed by atoms with van der Waals surface area (Å²) in [5, 5.41) is 0. The summed E-state index contributed by atoms with van der Waals surface area (Å²) in [5.74, 6) is -0.0458. The van der Waals surface area contributed by atoms with Crippen molar-refractivity contribution in [3.05, 3.63) is 59.2 Å². The third-order valence-electron chi connectivity index (χ3n) is 6.98. The van der Waals surface area contributed by atoms with E-state index in [1.165, 1.54) is 4.90 Å². The van der Waals surface area contributed by atoms with Crippen LogP contribution in [0.3, 0.4) is 0 Å². The standard InChI is InChI=1S/C26H29N3O4/c1-26(2)24(31)27(12-13-33-3)25(32)29(26)15-17-4-6-18(7-5-17)19-8-11-22-20(14-19)16-28(23(22)30)21-9-10-21/h4-8,11,14,21H,9-10,12-13,15-16H2,1-3H3. The van der Waals surface area contributed by atoms with Gasteiger partial charge in [0.25, 0.3) is 11.8 Å². The van der Waals surface area contributed by atoms with Crippen LogP contribution in [0.1, 0.15) is 48.2 Å². The molecule has 1 aliphatic carbocycles. The van der Waals surface area contributed by atoms with E-state index < -0.39 is 5.54 Å². The normalized spacial score (nSPS) is 19.6. The number of benzene rings is 2. The molecule has 2 heterocycles. The molecule has 4 amide bonds. The first-order valence-electron chi connectivity index (χ1n) is 11.5. The van der Waals surface area contributed by atoms with Crippen molar-refractivity contribution in [1.29, 1.82) is 0 Å². The highest BCUT2D eigenvalue weighted by molar-refractivity contribution is 6.06. The van der Waals surface area contributed by atoms with Crippen LogP contribution in [0.15, 0.2) is 42.5 Å². The average molecular weight is 448 g/mol. The molecular formula is C26H29N3O4. The Bertz CT molecular complexity index is 1120. The molecule has 0 aromatic heterocycles. The first-order chi connectivity index (χ1) is 15.8. The zero-order valence-electron chi connectivity index (χ0n) is 19.3. The smallest absolute Gasteiger partial charge is 0.328 e. The van der Waals surface area contributed by atoms with Crippen molar-refractivity contribution in [2.45, 2.75) is 51.4 Å². The maximum Gasteiger partial charge on any atom is 0.328 e. The number of amides is 4. The molecule has 2 aromatic rings. The molecule has 7 heteroatoms. The number of ether oxygens (including phenoxy) is 1. The molecule has 0 spiro atoms. The summed E-state index contributed by atoms with van der Waals surface area (Å²) in [4.78, 5) is 43.1. The highest BCUT2D eigenvalue weighted by Crippen LogP contribution is 2.36. The van der Waals surface area contributed by atoms with Gasteiger partial charge in [0.15, 0.2) is 0 Å². The number of urea groups is 1. The van der Waals surface area contributed by atoms with Crippen LogP contribution >= 0.6 is 0 Å². The molecule has 0 N–H and O–H groups in total. The molecule has 0 radical (unpaired) electrons. The lowest BCUT2D eigenvalue weighted by Gasteiger charge is -2.27. The van der Waals surface area contributed by atoms with Gasteiger partial charge in [-0.15, -0.1) is 0 Å². The number of nitrogens with zero attached hydrogens (tertiary/aromatic N) is 3. The predicted octanol–water partition coefficient (Wildman–Crippen LogP) is 3.66. The summed E-state index contributed by atoms with van der Waals surface area (Å²) >= 11 is 0. The second kappa shape index (κ2) is 7.99. The Labute approximate surface area is 193 Å². The number of imide groups is 1. The molecule has 2 aromatic carbocycles. The van der Waals surface area contributed by atoms with E-state index in [4.69, 9.17) is 4.74 Å². The van der Waals surface area contributed by atoms with Crippen molar-refractivity contribution in [1.82, 2.24) is 14.7 Å². The van der Waals surface area contributed by atoms with Crippen LogP contribution in [0.2, 0.25) is 0 Å². The lowest BCUT2D eigenvalue weighted by molar-refractivity contribution is -0.132. The van der Waals surface area contributed by atoms with Crippen molar-refractivity contribution < 1.29 is 19.1 Å². The van der Waals surface area contributed by atoms with E-state index in [1.54, 1.807) is 25.9 Å². The Morgan fingerprint density at radius 3 is 2.36 bits per heavy atom. The first-order valence-corrected chi connectivity index (χ1v) is 11.5. The Hall–Kier alpha value is -3.19. The molecule has 1 saturated carbocycles. The van der Waals surface area contributed by atoms with Crippen LogP contribution in [0.5, 0.6) is 0 Å². The number of methoxy groups -OCH3 is 1. The molecule has 2 fully saturated rings. The molecule has 3 aliphatic rings. The maximum absolute atomic E-state index is 12.9. The molecule has 0 atom stereocenters. The van der Waals surface area contributed by atoms with Crippen molar-refractivity contribution in [3.63, 3.8) is 0 Å². The van der Waals surface area contributed by atoms with Gasteiger partial charge < -0.3 is 14.5 Å². The fourth-order valence-electron chi connectivity index (χ4n) is 4.75. The fourth-order valence-corrected chi connectivity index (χ4v) is 4.75. The molecular weight excluding hydrogens is 418 g/mol. The third-order valence-corrected chi connectivity index (χ3v) is 6.98.